The van der Waals surface area contributed by atoms with Crippen LogP contribution in [0.2, 0.25) is 0 Å². The first-order valence-corrected chi connectivity index (χ1v) is 6.14. The molecule has 94 valence electrons. The van der Waals surface area contributed by atoms with Crippen LogP contribution in [0.4, 0.5) is 0 Å². The van der Waals surface area contributed by atoms with Crippen molar-refractivity contribution in [1.82, 2.24) is 15.6 Å². The van der Waals surface area contributed by atoms with Gasteiger partial charge in [-0.05, 0) is 25.0 Å². The summed E-state index contributed by atoms with van der Waals surface area (Å²) in [5.74, 6) is 0.0502. The molecule has 17 heavy (non-hydrogen) atoms. The molecule has 0 saturated carbocycles. The Morgan fingerprint density at radius 2 is 2.35 bits per heavy atom. The smallest absolute Gasteiger partial charge is 0.233 e. The molecule has 2 N–H and O–H groups in total. The second-order valence-electron chi connectivity index (χ2n) is 4.09. The van der Waals surface area contributed by atoms with Gasteiger partial charge >= 0.3 is 0 Å². The molecule has 0 saturated heterocycles. The van der Waals surface area contributed by atoms with E-state index in [1.165, 1.54) is 0 Å². The van der Waals surface area contributed by atoms with Crippen molar-refractivity contribution in [2.75, 3.05) is 13.1 Å². The number of amides is 1. The summed E-state index contributed by atoms with van der Waals surface area (Å²) in [5, 5.41) is 6.05. The molecule has 4 heteroatoms. The quantitative estimate of drug-likeness (QED) is 0.707. The number of unbranched alkanes of at least 4 members (excludes halogenated alkanes) is 1. The first-order valence-electron chi connectivity index (χ1n) is 6.14. The van der Waals surface area contributed by atoms with Crippen LogP contribution in [0.5, 0.6) is 0 Å². The van der Waals surface area contributed by atoms with E-state index in [0.717, 1.165) is 24.9 Å². The van der Waals surface area contributed by atoms with Crippen molar-refractivity contribution in [2.45, 2.75) is 32.7 Å². The number of aromatic nitrogens is 1. The van der Waals surface area contributed by atoms with Crippen molar-refractivity contribution >= 4 is 5.91 Å². The minimum Gasteiger partial charge on any atom is -0.355 e. The Kier molecular flexibility index (Phi) is 6.25. The zero-order chi connectivity index (χ0) is 12.5. The van der Waals surface area contributed by atoms with Crippen LogP contribution in [-0.2, 0) is 4.79 Å². The summed E-state index contributed by atoms with van der Waals surface area (Å²) in [7, 11) is 0. The van der Waals surface area contributed by atoms with Gasteiger partial charge in [0.05, 0.1) is 6.54 Å². The third kappa shape index (κ3) is 5.45. The number of hydrogen-bond donors (Lipinski definition) is 2. The molecule has 0 unspecified atom stereocenters. The minimum atomic E-state index is 0.0502. The highest BCUT2D eigenvalue weighted by atomic mass is 16.1. The standard InChI is InChI=1S/C13H21N3O/c1-3-4-8-15-13(17)10-16-11(2)12-6-5-7-14-9-12/h5-7,9,11,16H,3-4,8,10H2,1-2H3,(H,15,17)/t11-/m0/s1. The number of hydrogen-bond acceptors (Lipinski definition) is 3. The SMILES string of the molecule is CCCCNC(=O)CN[C@@H](C)c1cccnc1. The van der Waals surface area contributed by atoms with Crippen molar-refractivity contribution < 1.29 is 4.79 Å². The Hall–Kier alpha value is -1.42. The average molecular weight is 235 g/mol. The molecule has 1 aromatic heterocycles. The molecule has 0 aliphatic rings. The van der Waals surface area contributed by atoms with E-state index < -0.39 is 0 Å². The lowest BCUT2D eigenvalue weighted by atomic mass is 10.1. The third-order valence-electron chi connectivity index (χ3n) is 2.61. The lowest BCUT2D eigenvalue weighted by Gasteiger charge is -2.13. The number of pyridine rings is 1. The van der Waals surface area contributed by atoms with Gasteiger partial charge in [-0.1, -0.05) is 19.4 Å². The second kappa shape index (κ2) is 7.79. The van der Waals surface area contributed by atoms with E-state index in [1.807, 2.05) is 25.3 Å². The van der Waals surface area contributed by atoms with E-state index in [9.17, 15) is 4.79 Å². The zero-order valence-corrected chi connectivity index (χ0v) is 10.6. The predicted octanol–water partition coefficient (Wildman–Crippen LogP) is 1.65. The molecule has 1 rings (SSSR count). The maximum absolute atomic E-state index is 11.5. The second-order valence-corrected chi connectivity index (χ2v) is 4.09. The summed E-state index contributed by atoms with van der Waals surface area (Å²) in [6.07, 6.45) is 5.68. The van der Waals surface area contributed by atoms with Gasteiger partial charge in [0.15, 0.2) is 0 Å². The molecule has 1 atom stereocenters. The van der Waals surface area contributed by atoms with Crippen molar-refractivity contribution in [2.24, 2.45) is 0 Å². The average Bonchev–Trinajstić information content (AvgIpc) is 2.37. The van der Waals surface area contributed by atoms with Crippen LogP contribution in [0.3, 0.4) is 0 Å². The van der Waals surface area contributed by atoms with Gasteiger partial charge in [-0.3, -0.25) is 9.78 Å². The molecule has 0 radical (unpaired) electrons. The maximum Gasteiger partial charge on any atom is 0.233 e. The largest absolute Gasteiger partial charge is 0.355 e. The van der Waals surface area contributed by atoms with Gasteiger partial charge in [0.25, 0.3) is 0 Å². The van der Waals surface area contributed by atoms with Crippen LogP contribution < -0.4 is 10.6 Å². The number of rotatable bonds is 7. The fraction of sp³-hybridized carbons (Fsp3) is 0.538. The Labute approximate surface area is 103 Å². The summed E-state index contributed by atoms with van der Waals surface area (Å²) in [6.45, 7) is 5.24. The van der Waals surface area contributed by atoms with Crippen molar-refractivity contribution in [1.29, 1.82) is 0 Å². The molecule has 4 nitrogen and oxygen atoms in total. The highest BCUT2D eigenvalue weighted by molar-refractivity contribution is 5.77. The van der Waals surface area contributed by atoms with Gasteiger partial charge in [-0.15, -0.1) is 0 Å². The summed E-state index contributed by atoms with van der Waals surface area (Å²) >= 11 is 0. The molecular weight excluding hydrogens is 214 g/mol. The third-order valence-corrected chi connectivity index (χ3v) is 2.61. The van der Waals surface area contributed by atoms with Gasteiger partial charge in [0, 0.05) is 25.0 Å². The van der Waals surface area contributed by atoms with Crippen molar-refractivity contribution in [3.63, 3.8) is 0 Å². The van der Waals surface area contributed by atoms with E-state index in [2.05, 4.69) is 22.5 Å². The highest BCUT2D eigenvalue weighted by Crippen LogP contribution is 2.08. The van der Waals surface area contributed by atoms with Crippen LogP contribution in [0.1, 0.15) is 38.3 Å². The Morgan fingerprint density at radius 3 is 3.00 bits per heavy atom. The van der Waals surface area contributed by atoms with Crippen LogP contribution >= 0.6 is 0 Å². The monoisotopic (exact) mass is 235 g/mol. The molecule has 0 aromatic carbocycles. The maximum atomic E-state index is 11.5. The van der Waals surface area contributed by atoms with E-state index in [-0.39, 0.29) is 11.9 Å². The fourth-order valence-corrected chi connectivity index (χ4v) is 1.46. The van der Waals surface area contributed by atoms with Crippen LogP contribution in [-0.4, -0.2) is 24.0 Å². The molecule has 1 heterocycles. The van der Waals surface area contributed by atoms with Gasteiger partial charge < -0.3 is 10.6 Å². The molecule has 0 spiro atoms. The summed E-state index contributed by atoms with van der Waals surface area (Å²) < 4.78 is 0. The lowest BCUT2D eigenvalue weighted by molar-refractivity contribution is -0.120. The number of nitrogens with one attached hydrogen (secondary N) is 2. The van der Waals surface area contributed by atoms with Gasteiger partial charge in [-0.2, -0.15) is 0 Å². The number of nitrogens with zero attached hydrogens (tertiary/aromatic N) is 1. The molecule has 0 aliphatic carbocycles. The topological polar surface area (TPSA) is 54.0 Å². The van der Waals surface area contributed by atoms with Gasteiger partial charge in [0.2, 0.25) is 5.91 Å². The highest BCUT2D eigenvalue weighted by Gasteiger charge is 2.06. The van der Waals surface area contributed by atoms with Crippen LogP contribution in [0, 0.1) is 0 Å². The Morgan fingerprint density at radius 1 is 1.53 bits per heavy atom. The molecule has 0 bridgehead atoms. The molecule has 1 amide bonds. The molecule has 0 aliphatic heterocycles. The summed E-state index contributed by atoms with van der Waals surface area (Å²) in [6, 6.07) is 4.04. The Balaban J connectivity index is 2.24. The van der Waals surface area contributed by atoms with Crippen LogP contribution in [0.25, 0.3) is 0 Å². The molecular formula is C13H21N3O. The molecule has 0 fully saturated rings. The van der Waals surface area contributed by atoms with E-state index in [0.29, 0.717) is 6.54 Å². The van der Waals surface area contributed by atoms with E-state index in [1.54, 1.807) is 6.20 Å². The number of carbonyl (C=O) groups is 1. The number of carbonyl (C=O) groups excluding carboxylic acids is 1. The van der Waals surface area contributed by atoms with Crippen molar-refractivity contribution in [3.8, 4) is 0 Å². The molecule has 1 aromatic rings. The summed E-state index contributed by atoms with van der Waals surface area (Å²) in [5.41, 5.74) is 1.09. The Bertz CT molecular complexity index is 327. The zero-order valence-electron chi connectivity index (χ0n) is 10.6. The first kappa shape index (κ1) is 13.6. The van der Waals surface area contributed by atoms with Crippen molar-refractivity contribution in [3.05, 3.63) is 30.1 Å². The fourth-order valence-electron chi connectivity index (χ4n) is 1.46. The minimum absolute atomic E-state index is 0.0502. The van der Waals surface area contributed by atoms with Gasteiger partial charge in [-0.25, -0.2) is 0 Å². The van der Waals surface area contributed by atoms with E-state index >= 15 is 0 Å². The normalized spacial score (nSPS) is 12.1. The van der Waals surface area contributed by atoms with E-state index in [4.69, 9.17) is 0 Å². The summed E-state index contributed by atoms with van der Waals surface area (Å²) in [4.78, 5) is 15.5. The van der Waals surface area contributed by atoms with Crippen LogP contribution in [0.15, 0.2) is 24.5 Å². The lowest BCUT2D eigenvalue weighted by Crippen LogP contribution is -2.35. The van der Waals surface area contributed by atoms with Gasteiger partial charge in [0.1, 0.15) is 0 Å². The first-order chi connectivity index (χ1) is 8.24. The predicted molar refractivity (Wildman–Crippen MR) is 68.6 cm³/mol.